The first-order chi connectivity index (χ1) is 13.1. The lowest BCUT2D eigenvalue weighted by atomic mass is 10.1. The molecule has 1 aromatic rings. The summed E-state index contributed by atoms with van der Waals surface area (Å²) >= 11 is 0. The summed E-state index contributed by atoms with van der Waals surface area (Å²) < 4.78 is 11.2. The van der Waals surface area contributed by atoms with E-state index in [0.29, 0.717) is 19.6 Å². The number of carbonyl (C=O) groups is 2. The van der Waals surface area contributed by atoms with Crippen molar-refractivity contribution < 1.29 is 18.7 Å². The lowest BCUT2D eigenvalue weighted by Crippen LogP contribution is -2.52. The van der Waals surface area contributed by atoms with Crippen molar-refractivity contribution in [3.8, 4) is 0 Å². The van der Waals surface area contributed by atoms with Crippen molar-refractivity contribution in [2.45, 2.75) is 65.6 Å². The lowest BCUT2D eigenvalue weighted by Gasteiger charge is -2.32. The van der Waals surface area contributed by atoms with Crippen molar-refractivity contribution in [3.05, 3.63) is 24.2 Å². The van der Waals surface area contributed by atoms with Crippen LogP contribution in [0.2, 0.25) is 0 Å². The molecule has 28 heavy (non-hydrogen) atoms. The second-order valence-corrected chi connectivity index (χ2v) is 8.94. The van der Waals surface area contributed by atoms with Crippen molar-refractivity contribution in [2.24, 2.45) is 5.92 Å². The Morgan fingerprint density at radius 2 is 2.04 bits per heavy atom. The van der Waals surface area contributed by atoms with Gasteiger partial charge in [0, 0.05) is 25.2 Å². The first-order valence-electron chi connectivity index (χ1n) is 10.1. The molecule has 1 aliphatic rings. The van der Waals surface area contributed by atoms with Gasteiger partial charge >= 0.3 is 6.03 Å². The molecule has 0 bridgehead atoms. The standard InChI is InChI=1S/C21H35N3O4/c1-16(2)12-24(20(26)22-21(3,4)5)15-19(25)23(13-17-8-6-10-27-17)14-18-9-7-11-28-18/h6,8,10,16,18H,7,9,11-15H2,1-5H3,(H,22,26)/t18-/m1/s1. The summed E-state index contributed by atoms with van der Waals surface area (Å²) in [4.78, 5) is 29.2. The summed E-state index contributed by atoms with van der Waals surface area (Å²) in [5.74, 6) is 0.882. The molecule has 1 fully saturated rings. The van der Waals surface area contributed by atoms with Crippen molar-refractivity contribution in [1.82, 2.24) is 15.1 Å². The van der Waals surface area contributed by atoms with Crippen LogP contribution in [0, 0.1) is 5.92 Å². The van der Waals surface area contributed by atoms with Crippen LogP contribution in [0.5, 0.6) is 0 Å². The predicted octanol–water partition coefficient (Wildman–Crippen LogP) is 3.25. The van der Waals surface area contributed by atoms with Gasteiger partial charge < -0.3 is 24.3 Å². The van der Waals surface area contributed by atoms with Crippen LogP contribution < -0.4 is 5.32 Å². The molecule has 1 saturated heterocycles. The Bertz CT molecular complexity index is 616. The van der Waals surface area contributed by atoms with E-state index in [9.17, 15) is 9.59 Å². The summed E-state index contributed by atoms with van der Waals surface area (Å²) in [5.41, 5.74) is -0.360. The molecule has 3 amide bonds. The molecule has 0 aromatic carbocycles. The average Bonchev–Trinajstić information content (AvgIpc) is 3.25. The number of amides is 3. The molecule has 0 spiro atoms. The third-order valence-electron chi connectivity index (χ3n) is 4.41. The van der Waals surface area contributed by atoms with E-state index < -0.39 is 0 Å². The molecular weight excluding hydrogens is 358 g/mol. The second-order valence-electron chi connectivity index (χ2n) is 8.94. The van der Waals surface area contributed by atoms with Gasteiger partial charge in [0.05, 0.1) is 18.9 Å². The minimum atomic E-state index is -0.360. The van der Waals surface area contributed by atoms with E-state index in [1.165, 1.54) is 0 Å². The fourth-order valence-electron chi connectivity index (χ4n) is 3.20. The van der Waals surface area contributed by atoms with Crippen molar-refractivity contribution in [1.29, 1.82) is 0 Å². The highest BCUT2D eigenvalue weighted by molar-refractivity contribution is 5.84. The van der Waals surface area contributed by atoms with Crippen molar-refractivity contribution in [3.63, 3.8) is 0 Å². The molecule has 7 heteroatoms. The van der Waals surface area contributed by atoms with E-state index in [1.807, 2.05) is 46.8 Å². The highest BCUT2D eigenvalue weighted by Gasteiger charge is 2.27. The van der Waals surface area contributed by atoms with Gasteiger partial charge in [0.1, 0.15) is 12.3 Å². The number of nitrogens with one attached hydrogen (secondary N) is 1. The maximum Gasteiger partial charge on any atom is 0.318 e. The number of ether oxygens (including phenoxy) is 1. The van der Waals surface area contributed by atoms with Gasteiger partial charge in [-0.25, -0.2) is 4.79 Å². The summed E-state index contributed by atoms with van der Waals surface area (Å²) in [5, 5.41) is 2.96. The van der Waals surface area contributed by atoms with E-state index in [0.717, 1.165) is 25.2 Å². The highest BCUT2D eigenvalue weighted by Crippen LogP contribution is 2.16. The number of rotatable bonds is 8. The van der Waals surface area contributed by atoms with Crippen molar-refractivity contribution >= 4 is 11.9 Å². The van der Waals surface area contributed by atoms with Crippen LogP contribution in [0.25, 0.3) is 0 Å². The SMILES string of the molecule is CC(C)CN(CC(=O)N(Cc1ccco1)C[C@H]1CCCO1)C(=O)NC(C)(C)C. The molecule has 1 aromatic heterocycles. The molecule has 0 aliphatic carbocycles. The Labute approximate surface area is 168 Å². The smallest absolute Gasteiger partial charge is 0.318 e. The number of nitrogens with zero attached hydrogens (tertiary/aromatic N) is 2. The Morgan fingerprint density at radius 1 is 1.29 bits per heavy atom. The zero-order valence-corrected chi connectivity index (χ0v) is 17.9. The van der Waals surface area contributed by atoms with Crippen LogP contribution in [0.3, 0.4) is 0 Å². The van der Waals surface area contributed by atoms with Crippen LogP contribution in [-0.2, 0) is 16.1 Å². The van der Waals surface area contributed by atoms with E-state index in [4.69, 9.17) is 9.15 Å². The fraction of sp³-hybridized carbons (Fsp3) is 0.714. The Hall–Kier alpha value is -2.02. The molecule has 7 nitrogen and oxygen atoms in total. The minimum absolute atomic E-state index is 0.0352. The molecule has 158 valence electrons. The number of carbonyl (C=O) groups excluding carboxylic acids is 2. The highest BCUT2D eigenvalue weighted by atomic mass is 16.5. The Balaban J connectivity index is 2.08. The maximum absolute atomic E-state index is 13.1. The molecule has 2 heterocycles. The predicted molar refractivity (Wildman–Crippen MR) is 108 cm³/mol. The van der Waals surface area contributed by atoms with Gasteiger partial charge in [0.2, 0.25) is 5.91 Å². The first kappa shape index (κ1) is 22.3. The van der Waals surface area contributed by atoms with Crippen LogP contribution in [0.15, 0.2) is 22.8 Å². The van der Waals surface area contributed by atoms with Gasteiger partial charge in [-0.1, -0.05) is 13.8 Å². The fourth-order valence-corrected chi connectivity index (χ4v) is 3.20. The number of urea groups is 1. The van der Waals surface area contributed by atoms with E-state index in [-0.39, 0.29) is 36.0 Å². The zero-order valence-electron chi connectivity index (χ0n) is 17.9. The number of hydrogen-bond acceptors (Lipinski definition) is 4. The monoisotopic (exact) mass is 393 g/mol. The normalized spacial score (nSPS) is 17.0. The van der Waals surface area contributed by atoms with Crippen LogP contribution in [-0.4, -0.2) is 59.6 Å². The molecular formula is C21H35N3O4. The number of furan rings is 1. The number of hydrogen-bond donors (Lipinski definition) is 1. The minimum Gasteiger partial charge on any atom is -0.467 e. The summed E-state index contributed by atoms with van der Waals surface area (Å²) in [6, 6.07) is 3.45. The van der Waals surface area contributed by atoms with Gasteiger partial charge in [-0.3, -0.25) is 4.79 Å². The summed E-state index contributed by atoms with van der Waals surface area (Å²) in [7, 11) is 0. The molecule has 0 radical (unpaired) electrons. The third-order valence-corrected chi connectivity index (χ3v) is 4.41. The average molecular weight is 394 g/mol. The molecule has 0 saturated carbocycles. The Morgan fingerprint density at radius 3 is 2.57 bits per heavy atom. The summed E-state index contributed by atoms with van der Waals surface area (Å²) in [6.45, 7) is 12.0. The third kappa shape index (κ3) is 7.54. The maximum atomic E-state index is 13.1. The van der Waals surface area contributed by atoms with E-state index in [1.54, 1.807) is 16.1 Å². The van der Waals surface area contributed by atoms with Gasteiger partial charge in [-0.2, -0.15) is 0 Å². The second kappa shape index (κ2) is 9.96. The van der Waals surface area contributed by atoms with Gasteiger partial charge in [0.15, 0.2) is 0 Å². The van der Waals surface area contributed by atoms with Crippen LogP contribution >= 0.6 is 0 Å². The van der Waals surface area contributed by atoms with E-state index in [2.05, 4.69) is 5.32 Å². The van der Waals surface area contributed by atoms with E-state index >= 15 is 0 Å². The molecule has 1 aliphatic heterocycles. The topological polar surface area (TPSA) is 75.0 Å². The zero-order chi connectivity index (χ0) is 20.7. The quantitative estimate of drug-likeness (QED) is 0.736. The summed E-state index contributed by atoms with van der Waals surface area (Å²) in [6.07, 6.45) is 3.61. The molecule has 2 rings (SSSR count). The molecule has 0 unspecified atom stereocenters. The molecule has 1 atom stereocenters. The van der Waals surface area contributed by atoms with Gasteiger partial charge in [0.25, 0.3) is 0 Å². The largest absolute Gasteiger partial charge is 0.467 e. The van der Waals surface area contributed by atoms with Gasteiger partial charge in [-0.15, -0.1) is 0 Å². The molecule has 1 N–H and O–H groups in total. The van der Waals surface area contributed by atoms with Crippen LogP contribution in [0.1, 0.15) is 53.2 Å². The van der Waals surface area contributed by atoms with Crippen molar-refractivity contribution in [2.75, 3.05) is 26.2 Å². The first-order valence-corrected chi connectivity index (χ1v) is 10.1. The Kier molecular flexibility index (Phi) is 7.92. The van der Waals surface area contributed by atoms with Gasteiger partial charge in [-0.05, 0) is 51.7 Å². The lowest BCUT2D eigenvalue weighted by molar-refractivity contribution is -0.134. The van der Waals surface area contributed by atoms with Crippen LogP contribution in [0.4, 0.5) is 4.79 Å².